The van der Waals surface area contributed by atoms with Crippen LogP contribution < -0.4 is 0 Å². The predicted octanol–water partition coefficient (Wildman–Crippen LogP) is 3.79. The molecule has 0 aliphatic heterocycles. The van der Waals surface area contributed by atoms with E-state index >= 15 is 0 Å². The lowest BCUT2D eigenvalue weighted by atomic mass is 9.78. The van der Waals surface area contributed by atoms with E-state index in [1.54, 1.807) is 0 Å². The third-order valence-corrected chi connectivity index (χ3v) is 5.84. The van der Waals surface area contributed by atoms with Crippen molar-refractivity contribution in [1.82, 2.24) is 0 Å². The van der Waals surface area contributed by atoms with Crippen LogP contribution in [0.15, 0.2) is 0 Å². The zero-order chi connectivity index (χ0) is 13.6. The van der Waals surface area contributed by atoms with Gasteiger partial charge in [-0.1, -0.05) is 32.6 Å². The molecule has 0 spiro atoms. The molecule has 0 unspecified atom stereocenters. The van der Waals surface area contributed by atoms with Crippen LogP contribution in [0.3, 0.4) is 0 Å². The van der Waals surface area contributed by atoms with Crippen molar-refractivity contribution in [2.75, 3.05) is 20.4 Å². The molecule has 0 N–H and O–H groups in total. The van der Waals surface area contributed by atoms with Gasteiger partial charge in [-0.3, -0.25) is 9.36 Å². The quantitative estimate of drug-likeness (QED) is 0.633. The van der Waals surface area contributed by atoms with Crippen molar-refractivity contribution in [1.29, 1.82) is 0 Å². The van der Waals surface area contributed by atoms with Crippen LogP contribution in [0, 0.1) is 5.41 Å². The summed E-state index contributed by atoms with van der Waals surface area (Å²) in [5.74, 6) is 0.0699. The standard InChI is InChI=1S/C13H25O4P/c1-4-5-8-13(9-6-7-10-13)12(14)11-18(15,16-2)17-3/h4-11H2,1-3H3. The minimum atomic E-state index is -3.21. The van der Waals surface area contributed by atoms with Gasteiger partial charge in [0.05, 0.1) is 0 Å². The Morgan fingerprint density at radius 2 is 1.78 bits per heavy atom. The van der Waals surface area contributed by atoms with E-state index in [1.165, 1.54) is 14.2 Å². The zero-order valence-corrected chi connectivity index (χ0v) is 12.6. The van der Waals surface area contributed by atoms with E-state index in [0.717, 1.165) is 44.9 Å². The number of unbranched alkanes of at least 4 members (excludes halogenated alkanes) is 1. The minimum absolute atomic E-state index is 0.0699. The van der Waals surface area contributed by atoms with Crippen LogP contribution in [-0.2, 0) is 18.4 Å². The second-order valence-corrected chi connectivity index (χ2v) is 7.42. The fourth-order valence-corrected chi connectivity index (χ4v) is 3.88. The molecule has 0 heterocycles. The largest absolute Gasteiger partial charge is 0.337 e. The third-order valence-electron chi connectivity index (χ3n) is 4.05. The molecule has 1 fully saturated rings. The number of ketones is 1. The van der Waals surface area contributed by atoms with Crippen molar-refractivity contribution in [2.24, 2.45) is 5.41 Å². The second kappa shape index (κ2) is 6.83. The Labute approximate surface area is 110 Å². The highest BCUT2D eigenvalue weighted by Crippen LogP contribution is 2.51. The summed E-state index contributed by atoms with van der Waals surface area (Å²) in [5, 5.41) is 0. The van der Waals surface area contributed by atoms with Crippen LogP contribution in [0.1, 0.15) is 51.9 Å². The van der Waals surface area contributed by atoms with Crippen molar-refractivity contribution in [2.45, 2.75) is 51.9 Å². The van der Waals surface area contributed by atoms with Crippen LogP contribution >= 0.6 is 7.60 Å². The molecule has 0 aromatic carbocycles. The monoisotopic (exact) mass is 276 g/mol. The summed E-state index contributed by atoms with van der Waals surface area (Å²) in [6.07, 6.45) is 7.02. The van der Waals surface area contributed by atoms with Gasteiger partial charge in [0.15, 0.2) is 5.78 Å². The van der Waals surface area contributed by atoms with Crippen molar-refractivity contribution in [3.63, 3.8) is 0 Å². The first kappa shape index (κ1) is 15.9. The number of carbonyl (C=O) groups is 1. The van der Waals surface area contributed by atoms with Gasteiger partial charge in [0.2, 0.25) is 0 Å². The number of carbonyl (C=O) groups excluding carboxylic acids is 1. The molecule has 0 amide bonds. The van der Waals surface area contributed by atoms with E-state index in [9.17, 15) is 9.36 Å². The summed E-state index contributed by atoms with van der Waals surface area (Å²) >= 11 is 0. The fourth-order valence-electron chi connectivity index (χ4n) is 2.78. The van der Waals surface area contributed by atoms with E-state index in [4.69, 9.17) is 9.05 Å². The Morgan fingerprint density at radius 1 is 1.22 bits per heavy atom. The van der Waals surface area contributed by atoms with Gasteiger partial charge in [0.25, 0.3) is 0 Å². The SMILES string of the molecule is CCCCC1(C(=O)CP(=O)(OC)OC)CCCC1. The maximum atomic E-state index is 12.5. The molecular formula is C13H25O4P. The Bertz CT molecular complexity index is 313. The smallest absolute Gasteiger partial charge is 0.312 e. The first-order valence-corrected chi connectivity index (χ1v) is 8.48. The second-order valence-electron chi connectivity index (χ2n) is 5.15. The Hall–Kier alpha value is -0.180. The van der Waals surface area contributed by atoms with Crippen molar-refractivity contribution >= 4 is 13.4 Å². The average Bonchev–Trinajstić information content (AvgIpc) is 2.86. The number of Topliss-reactive ketones (excluding diaryl/α,β-unsaturated/α-hetero) is 1. The summed E-state index contributed by atoms with van der Waals surface area (Å²) < 4.78 is 21.8. The Morgan fingerprint density at radius 3 is 2.22 bits per heavy atom. The zero-order valence-electron chi connectivity index (χ0n) is 11.7. The summed E-state index contributed by atoms with van der Waals surface area (Å²) in [5.41, 5.74) is -0.261. The minimum Gasteiger partial charge on any atom is -0.312 e. The molecule has 1 aliphatic carbocycles. The Balaban J connectivity index is 2.74. The van der Waals surface area contributed by atoms with Gasteiger partial charge < -0.3 is 9.05 Å². The molecule has 0 aromatic heterocycles. The summed E-state index contributed by atoms with van der Waals surface area (Å²) in [6.45, 7) is 2.13. The van der Waals surface area contributed by atoms with Crippen LogP contribution in [0.4, 0.5) is 0 Å². The lowest BCUT2D eigenvalue weighted by Crippen LogP contribution is -2.31. The summed E-state index contributed by atoms with van der Waals surface area (Å²) in [7, 11) is -0.538. The highest BCUT2D eigenvalue weighted by Gasteiger charge is 2.43. The molecule has 1 aliphatic rings. The molecule has 0 saturated heterocycles. The van der Waals surface area contributed by atoms with Crippen molar-refractivity contribution < 1.29 is 18.4 Å². The first-order chi connectivity index (χ1) is 8.52. The van der Waals surface area contributed by atoms with Gasteiger partial charge >= 0.3 is 7.60 Å². The van der Waals surface area contributed by atoms with Gasteiger partial charge in [0, 0.05) is 19.6 Å². The topological polar surface area (TPSA) is 52.6 Å². The molecule has 5 heteroatoms. The van der Waals surface area contributed by atoms with E-state index in [0.29, 0.717) is 0 Å². The molecule has 0 radical (unpaired) electrons. The summed E-state index contributed by atoms with van der Waals surface area (Å²) in [4.78, 5) is 12.5. The van der Waals surface area contributed by atoms with E-state index in [1.807, 2.05) is 0 Å². The lowest BCUT2D eigenvalue weighted by molar-refractivity contribution is -0.126. The number of hydrogen-bond donors (Lipinski definition) is 0. The number of hydrogen-bond acceptors (Lipinski definition) is 4. The molecule has 0 atom stereocenters. The molecule has 1 rings (SSSR count). The average molecular weight is 276 g/mol. The predicted molar refractivity (Wildman–Crippen MR) is 71.9 cm³/mol. The third kappa shape index (κ3) is 3.66. The van der Waals surface area contributed by atoms with Crippen molar-refractivity contribution in [3.8, 4) is 0 Å². The maximum Gasteiger partial charge on any atom is 0.337 e. The highest BCUT2D eigenvalue weighted by atomic mass is 31.2. The van der Waals surface area contributed by atoms with Gasteiger partial charge in [-0.05, 0) is 19.3 Å². The normalized spacial score (nSPS) is 19.1. The van der Waals surface area contributed by atoms with E-state index in [2.05, 4.69) is 6.92 Å². The molecule has 1 saturated carbocycles. The van der Waals surface area contributed by atoms with Gasteiger partial charge in [0.1, 0.15) is 6.16 Å². The van der Waals surface area contributed by atoms with Gasteiger partial charge in [-0.2, -0.15) is 0 Å². The maximum absolute atomic E-state index is 12.5. The Kier molecular flexibility index (Phi) is 6.03. The lowest BCUT2D eigenvalue weighted by Gasteiger charge is -2.28. The van der Waals surface area contributed by atoms with Gasteiger partial charge in [-0.15, -0.1) is 0 Å². The van der Waals surface area contributed by atoms with Gasteiger partial charge in [-0.25, -0.2) is 0 Å². The fraction of sp³-hybridized carbons (Fsp3) is 0.923. The molecule has 4 nitrogen and oxygen atoms in total. The van der Waals surface area contributed by atoms with Crippen molar-refractivity contribution in [3.05, 3.63) is 0 Å². The molecule has 0 aromatic rings. The molecule has 0 bridgehead atoms. The molecule has 106 valence electrons. The first-order valence-electron chi connectivity index (χ1n) is 6.76. The van der Waals surface area contributed by atoms with Crippen LogP contribution in [0.2, 0.25) is 0 Å². The van der Waals surface area contributed by atoms with Crippen LogP contribution in [0.25, 0.3) is 0 Å². The highest BCUT2D eigenvalue weighted by molar-refractivity contribution is 7.54. The van der Waals surface area contributed by atoms with E-state index < -0.39 is 7.60 Å². The summed E-state index contributed by atoms with van der Waals surface area (Å²) in [6, 6.07) is 0. The van der Waals surface area contributed by atoms with Crippen LogP contribution in [-0.4, -0.2) is 26.2 Å². The number of rotatable bonds is 8. The van der Waals surface area contributed by atoms with E-state index in [-0.39, 0.29) is 17.4 Å². The molecule has 18 heavy (non-hydrogen) atoms. The molecular weight excluding hydrogens is 251 g/mol. The van der Waals surface area contributed by atoms with Crippen LogP contribution in [0.5, 0.6) is 0 Å².